The molecule has 13 heavy (non-hydrogen) atoms. The summed E-state index contributed by atoms with van der Waals surface area (Å²) in [5.41, 5.74) is 0. The number of esters is 1. The van der Waals surface area contributed by atoms with Gasteiger partial charge in [-0.25, -0.2) is 0 Å². The van der Waals surface area contributed by atoms with Crippen LogP contribution in [0.2, 0.25) is 0 Å². The first-order valence-electron chi connectivity index (χ1n) is 4.83. The highest BCUT2D eigenvalue weighted by atomic mass is 16.5. The maximum Gasteiger partial charge on any atom is 0.310 e. The zero-order valence-electron chi connectivity index (χ0n) is 8.67. The Labute approximate surface area is 80.2 Å². The molecule has 0 aromatic rings. The van der Waals surface area contributed by atoms with E-state index in [1.807, 2.05) is 33.0 Å². The molecule has 0 amide bonds. The summed E-state index contributed by atoms with van der Waals surface area (Å²) in [4.78, 5) is 10.7. The summed E-state index contributed by atoms with van der Waals surface area (Å²) in [5.74, 6) is -0.117. The lowest BCUT2D eigenvalue weighted by atomic mass is 10.2. The Kier molecular flexibility index (Phi) is 7.30. The van der Waals surface area contributed by atoms with E-state index in [4.69, 9.17) is 4.74 Å². The fraction of sp³-hybridized carbons (Fsp3) is 0.700. The van der Waals surface area contributed by atoms with E-state index in [9.17, 15) is 4.79 Å². The molecule has 0 radical (unpaired) electrons. The van der Waals surface area contributed by atoms with Crippen molar-refractivity contribution in [2.75, 3.05) is 13.6 Å². The second-order valence-corrected chi connectivity index (χ2v) is 2.55. The van der Waals surface area contributed by atoms with Gasteiger partial charge in [0.05, 0.1) is 6.42 Å². The molecule has 76 valence electrons. The highest BCUT2D eigenvalue weighted by Gasteiger charge is 2.13. The van der Waals surface area contributed by atoms with Crippen molar-refractivity contribution in [3.05, 3.63) is 12.2 Å². The molecular formula is C10H19NO2. The summed E-state index contributed by atoms with van der Waals surface area (Å²) in [6.45, 7) is 4.88. The van der Waals surface area contributed by atoms with Crippen LogP contribution in [0, 0.1) is 0 Å². The van der Waals surface area contributed by atoms with Crippen molar-refractivity contribution in [2.24, 2.45) is 0 Å². The van der Waals surface area contributed by atoms with Gasteiger partial charge >= 0.3 is 5.97 Å². The molecule has 0 fully saturated rings. The Bertz CT molecular complexity index is 166. The van der Waals surface area contributed by atoms with Gasteiger partial charge in [-0.3, -0.25) is 4.79 Å². The summed E-state index contributed by atoms with van der Waals surface area (Å²) < 4.78 is 5.02. The van der Waals surface area contributed by atoms with Gasteiger partial charge in [-0.2, -0.15) is 0 Å². The summed E-state index contributed by atoms with van der Waals surface area (Å²) in [5, 5.41) is 3.00. The van der Waals surface area contributed by atoms with Crippen LogP contribution in [0.25, 0.3) is 0 Å². The minimum absolute atomic E-state index is 0.0105. The summed E-state index contributed by atoms with van der Waals surface area (Å²) >= 11 is 0. The third-order valence-corrected chi connectivity index (χ3v) is 1.60. The van der Waals surface area contributed by atoms with Gasteiger partial charge in [0, 0.05) is 6.42 Å². The Morgan fingerprint density at radius 3 is 2.85 bits per heavy atom. The van der Waals surface area contributed by atoms with Crippen LogP contribution in [0.15, 0.2) is 12.2 Å². The molecule has 1 aliphatic rings. The number of carbonyl (C=O) groups excluding carboxylic acids is 1. The number of hydrogen-bond acceptors (Lipinski definition) is 3. The van der Waals surface area contributed by atoms with Crippen LogP contribution < -0.4 is 5.32 Å². The largest absolute Gasteiger partial charge is 0.458 e. The molecule has 3 nitrogen and oxygen atoms in total. The smallest absolute Gasteiger partial charge is 0.310 e. The van der Waals surface area contributed by atoms with Crippen molar-refractivity contribution >= 4 is 5.97 Å². The molecular weight excluding hydrogens is 166 g/mol. The van der Waals surface area contributed by atoms with E-state index in [0.29, 0.717) is 6.42 Å². The Morgan fingerprint density at radius 1 is 1.62 bits per heavy atom. The second-order valence-electron chi connectivity index (χ2n) is 2.55. The lowest BCUT2D eigenvalue weighted by Gasteiger charge is -2.16. The van der Waals surface area contributed by atoms with Crippen LogP contribution in [-0.2, 0) is 9.53 Å². The molecule has 1 rings (SSSR count). The molecule has 0 aliphatic carbocycles. The number of ether oxygens (including phenoxy) is 1. The standard InChI is InChI=1S/C8H13NO2.C2H6/c1-9-6-5-7-3-2-4-8(10)11-7;1-2/h2-3,7,9H,4-6H2,1H3;1-2H3/t7-;/m1./s1. The Balaban J connectivity index is 0.000000671. The van der Waals surface area contributed by atoms with E-state index in [-0.39, 0.29) is 12.1 Å². The molecule has 3 heteroatoms. The van der Waals surface area contributed by atoms with Gasteiger partial charge in [0.15, 0.2) is 0 Å². The zero-order chi connectivity index (χ0) is 10.1. The topological polar surface area (TPSA) is 38.3 Å². The molecule has 0 aromatic heterocycles. The van der Waals surface area contributed by atoms with Crippen molar-refractivity contribution < 1.29 is 9.53 Å². The summed E-state index contributed by atoms with van der Waals surface area (Å²) in [6.07, 6.45) is 5.09. The van der Waals surface area contributed by atoms with E-state index < -0.39 is 0 Å². The van der Waals surface area contributed by atoms with Gasteiger partial charge in [0.1, 0.15) is 6.10 Å². The van der Waals surface area contributed by atoms with E-state index >= 15 is 0 Å². The average Bonchev–Trinajstić information content (AvgIpc) is 2.18. The van der Waals surface area contributed by atoms with Gasteiger partial charge < -0.3 is 10.1 Å². The number of nitrogens with one attached hydrogen (secondary N) is 1. The van der Waals surface area contributed by atoms with Crippen LogP contribution in [0.5, 0.6) is 0 Å². The third-order valence-electron chi connectivity index (χ3n) is 1.60. The molecule has 0 saturated carbocycles. The third kappa shape index (κ3) is 5.42. The minimum Gasteiger partial charge on any atom is -0.458 e. The number of cyclic esters (lactones) is 1. The first kappa shape index (κ1) is 12.2. The molecule has 0 aromatic carbocycles. The average molecular weight is 185 g/mol. The van der Waals surface area contributed by atoms with Crippen LogP contribution in [-0.4, -0.2) is 25.7 Å². The lowest BCUT2D eigenvalue weighted by Crippen LogP contribution is -2.23. The maximum atomic E-state index is 10.7. The van der Waals surface area contributed by atoms with Crippen molar-refractivity contribution in [3.8, 4) is 0 Å². The fourth-order valence-electron chi connectivity index (χ4n) is 1.01. The monoisotopic (exact) mass is 185 g/mol. The quantitative estimate of drug-likeness (QED) is 0.535. The highest BCUT2D eigenvalue weighted by molar-refractivity contribution is 5.72. The molecule has 0 saturated heterocycles. The summed E-state index contributed by atoms with van der Waals surface area (Å²) in [7, 11) is 1.88. The Hall–Kier alpha value is -0.830. The Morgan fingerprint density at radius 2 is 2.31 bits per heavy atom. The van der Waals surface area contributed by atoms with Gasteiger partial charge in [-0.05, 0) is 19.7 Å². The lowest BCUT2D eigenvalue weighted by molar-refractivity contribution is -0.147. The van der Waals surface area contributed by atoms with Crippen LogP contribution in [0.1, 0.15) is 26.7 Å². The molecule has 0 spiro atoms. The molecule has 1 aliphatic heterocycles. The normalized spacial score (nSPS) is 20.2. The first-order chi connectivity index (χ1) is 6.33. The van der Waals surface area contributed by atoms with Crippen molar-refractivity contribution in [3.63, 3.8) is 0 Å². The van der Waals surface area contributed by atoms with Gasteiger partial charge in [0.2, 0.25) is 0 Å². The fourth-order valence-corrected chi connectivity index (χ4v) is 1.01. The van der Waals surface area contributed by atoms with E-state index in [1.165, 1.54) is 0 Å². The number of rotatable bonds is 3. The SMILES string of the molecule is CC.CNCC[C@H]1C=CCC(=O)O1. The molecule has 1 heterocycles. The first-order valence-corrected chi connectivity index (χ1v) is 4.83. The van der Waals surface area contributed by atoms with Crippen LogP contribution in [0.4, 0.5) is 0 Å². The predicted molar refractivity (Wildman–Crippen MR) is 53.5 cm³/mol. The van der Waals surface area contributed by atoms with E-state index in [0.717, 1.165) is 13.0 Å². The summed E-state index contributed by atoms with van der Waals surface area (Å²) in [6, 6.07) is 0. The van der Waals surface area contributed by atoms with Crippen LogP contribution in [0.3, 0.4) is 0 Å². The van der Waals surface area contributed by atoms with E-state index in [1.54, 1.807) is 0 Å². The number of hydrogen-bond donors (Lipinski definition) is 1. The maximum absolute atomic E-state index is 10.7. The highest BCUT2D eigenvalue weighted by Crippen LogP contribution is 2.08. The van der Waals surface area contributed by atoms with Crippen molar-refractivity contribution in [2.45, 2.75) is 32.8 Å². The van der Waals surface area contributed by atoms with Gasteiger partial charge in [-0.1, -0.05) is 19.9 Å². The zero-order valence-corrected chi connectivity index (χ0v) is 8.67. The number of carbonyl (C=O) groups is 1. The minimum atomic E-state index is -0.117. The molecule has 1 atom stereocenters. The van der Waals surface area contributed by atoms with Crippen molar-refractivity contribution in [1.29, 1.82) is 0 Å². The van der Waals surface area contributed by atoms with Gasteiger partial charge in [-0.15, -0.1) is 0 Å². The van der Waals surface area contributed by atoms with E-state index in [2.05, 4.69) is 5.32 Å². The van der Waals surface area contributed by atoms with Crippen molar-refractivity contribution in [1.82, 2.24) is 5.32 Å². The van der Waals surface area contributed by atoms with Gasteiger partial charge in [0.25, 0.3) is 0 Å². The molecule has 1 N–H and O–H groups in total. The molecule has 0 unspecified atom stereocenters. The molecule has 0 bridgehead atoms. The van der Waals surface area contributed by atoms with Crippen LogP contribution >= 0.6 is 0 Å². The second kappa shape index (κ2) is 7.80. The predicted octanol–water partition coefficient (Wildman–Crippen LogP) is 1.49.